The van der Waals surface area contributed by atoms with Crippen molar-refractivity contribution < 1.29 is 64.2 Å². The Hall–Kier alpha value is -3.16. The third-order valence-electron chi connectivity index (χ3n) is 2.52. The van der Waals surface area contributed by atoms with Gasteiger partial charge in [0, 0.05) is 24.8 Å². The van der Waals surface area contributed by atoms with Gasteiger partial charge in [-0.3, -0.25) is 19.6 Å². The molecule has 0 unspecified atom stereocenters. The number of aromatic nitrogens is 2. The fourth-order valence-corrected chi connectivity index (χ4v) is 1.51. The molecule has 2 aromatic heterocycles. The third-order valence-corrected chi connectivity index (χ3v) is 2.52. The van der Waals surface area contributed by atoms with E-state index in [2.05, 4.69) is 9.97 Å². The van der Waals surface area contributed by atoms with Gasteiger partial charge in [0.2, 0.25) is 0 Å². The van der Waals surface area contributed by atoms with Crippen LogP contribution in [-0.2, 0) is 43.7 Å². The van der Waals surface area contributed by atoms with Gasteiger partial charge in [0.15, 0.2) is 11.6 Å². The Morgan fingerprint density at radius 1 is 0.529 bits per heavy atom. The van der Waals surface area contributed by atoms with E-state index in [-0.39, 0.29) is 57.2 Å². The van der Waals surface area contributed by atoms with Crippen molar-refractivity contribution in [1.82, 2.24) is 9.97 Å². The molecule has 0 aromatic carbocycles. The first kappa shape index (κ1) is 38.1. The smallest absolute Gasteiger partial charge is 0.876 e. The molecule has 0 saturated heterocycles. The van der Waals surface area contributed by atoms with Crippen LogP contribution >= 0.6 is 0 Å². The molecule has 0 aliphatic rings. The summed E-state index contributed by atoms with van der Waals surface area (Å²) in [4.78, 5) is 28.0. The summed E-state index contributed by atoms with van der Waals surface area (Å²) >= 11 is 0. The number of pyridine rings is 2. The van der Waals surface area contributed by atoms with E-state index in [1.807, 2.05) is 36.4 Å². The third kappa shape index (κ3) is 36.2. The van der Waals surface area contributed by atoms with Crippen LogP contribution in [0.3, 0.4) is 0 Å². The molecule has 0 aliphatic carbocycles. The van der Waals surface area contributed by atoms with Crippen LogP contribution in [0.4, 0.5) is 0 Å². The molecule has 8 nitrogen and oxygen atoms in total. The van der Waals surface area contributed by atoms with Crippen LogP contribution in [0.15, 0.2) is 109 Å². The summed E-state index contributed by atoms with van der Waals surface area (Å²) in [7, 11) is 0. The predicted octanol–water partition coefficient (Wildman–Crippen LogP) is 0.326. The van der Waals surface area contributed by atoms with Crippen molar-refractivity contribution in [3.8, 4) is 0 Å². The number of allylic oxidation sites excluding steroid dienone is 6. The van der Waals surface area contributed by atoms with E-state index >= 15 is 0 Å². The van der Waals surface area contributed by atoms with E-state index in [9.17, 15) is 30.0 Å². The average Bonchev–Trinajstić information content (AvgIpc) is 2.69. The number of hydrogen-bond donors (Lipinski definition) is 0. The molecule has 0 bridgehead atoms. The number of ketones is 2. The minimum atomic E-state index is -0.542. The molecular weight excluding hydrogens is 539 g/mol. The zero-order valence-corrected chi connectivity index (χ0v) is 20.9. The molecule has 2 rings (SSSR count). The summed E-state index contributed by atoms with van der Waals surface area (Å²) < 4.78 is 0. The maximum Gasteiger partial charge on any atom is 2.00 e. The molecule has 2 radical (unpaired) electrons. The first-order valence-electron chi connectivity index (χ1n) is 9.23. The SMILES string of the molecule is CC(=O)/C=C([O-])/C=C(/C)[O-].CC(=O)/C=C([O-])/C=C(/C)[O-].[Cu+2].[Cu+2].c1ccncc1.c1ccncc1. The number of hydrogen-bond acceptors (Lipinski definition) is 8. The zero-order chi connectivity index (χ0) is 24.8. The van der Waals surface area contributed by atoms with Gasteiger partial charge in [-0.15, -0.1) is 23.0 Å². The van der Waals surface area contributed by atoms with E-state index < -0.39 is 11.5 Å². The molecule has 190 valence electrons. The maximum absolute atomic E-state index is 10.5. The molecule has 2 heterocycles. The summed E-state index contributed by atoms with van der Waals surface area (Å²) in [5, 5.41) is 41.5. The summed E-state index contributed by atoms with van der Waals surface area (Å²) in [6, 6.07) is 11.4. The second-order valence-electron chi connectivity index (χ2n) is 5.87. The van der Waals surface area contributed by atoms with E-state index in [4.69, 9.17) is 0 Å². The van der Waals surface area contributed by atoms with Gasteiger partial charge in [0.25, 0.3) is 0 Å². The van der Waals surface area contributed by atoms with E-state index in [1.54, 1.807) is 24.8 Å². The van der Waals surface area contributed by atoms with Crippen molar-refractivity contribution in [2.45, 2.75) is 27.7 Å². The topological polar surface area (TPSA) is 152 Å². The fraction of sp³-hybridized carbons (Fsp3) is 0.167. The van der Waals surface area contributed by atoms with Crippen LogP contribution in [0.25, 0.3) is 0 Å². The second kappa shape index (κ2) is 26.1. The number of rotatable bonds is 4. The quantitative estimate of drug-likeness (QED) is 0.223. The second-order valence-corrected chi connectivity index (χ2v) is 5.87. The summed E-state index contributed by atoms with van der Waals surface area (Å²) in [5.74, 6) is -2.46. The van der Waals surface area contributed by atoms with Crippen molar-refractivity contribution >= 4 is 11.6 Å². The molecule has 0 atom stereocenters. The van der Waals surface area contributed by atoms with Crippen LogP contribution in [0.1, 0.15) is 27.7 Å². The molecule has 0 spiro atoms. The predicted molar refractivity (Wildman–Crippen MR) is 114 cm³/mol. The first-order chi connectivity index (χ1) is 15.0. The molecule has 0 N–H and O–H groups in total. The van der Waals surface area contributed by atoms with E-state index in [0.717, 1.165) is 24.3 Å². The van der Waals surface area contributed by atoms with Crippen molar-refractivity contribution in [2.75, 3.05) is 0 Å². The van der Waals surface area contributed by atoms with Gasteiger partial charge in [-0.2, -0.15) is 0 Å². The Morgan fingerprint density at radius 3 is 0.912 bits per heavy atom. The normalized spacial score (nSPS) is 10.7. The van der Waals surface area contributed by atoms with Crippen LogP contribution < -0.4 is 20.4 Å². The Morgan fingerprint density at radius 2 is 0.794 bits per heavy atom. The van der Waals surface area contributed by atoms with Crippen LogP contribution in [-0.4, -0.2) is 21.5 Å². The Balaban J connectivity index is -0.000000177. The Bertz CT molecular complexity index is 763. The molecule has 0 aliphatic heterocycles. The van der Waals surface area contributed by atoms with Gasteiger partial charge in [-0.25, -0.2) is 0 Å². The molecule has 0 amide bonds. The van der Waals surface area contributed by atoms with Crippen molar-refractivity contribution in [3.05, 3.63) is 109 Å². The minimum absolute atomic E-state index is 0. The van der Waals surface area contributed by atoms with Crippen LogP contribution in [0.5, 0.6) is 0 Å². The van der Waals surface area contributed by atoms with Crippen LogP contribution in [0, 0.1) is 0 Å². The Kier molecular flexibility index (Phi) is 29.3. The van der Waals surface area contributed by atoms with Gasteiger partial charge in [0.1, 0.15) is 0 Å². The number of nitrogens with zero attached hydrogens (tertiary/aromatic N) is 2. The molecular formula is C24H26Cu2N2O6. The van der Waals surface area contributed by atoms with Crippen molar-refractivity contribution in [1.29, 1.82) is 0 Å². The minimum Gasteiger partial charge on any atom is -0.876 e. The number of carbonyl (C=O) groups excluding carboxylic acids is 2. The van der Waals surface area contributed by atoms with Crippen LogP contribution in [0.2, 0.25) is 0 Å². The standard InChI is InChI=1S/2C7H10O3.2C5H5N.2Cu/c2*1-5(8)3-7(10)4-6(2)9;2*1-2-4-6-5-3-1;;/h2*3-4,8,10H,1-2H3;2*1-5H;;/q;;;;2*+2/p-4/b2*5-3-,7-4-;;;;. The van der Waals surface area contributed by atoms with E-state index in [0.29, 0.717) is 0 Å². The number of carbonyl (C=O) groups is 2. The average molecular weight is 566 g/mol. The fourth-order valence-electron chi connectivity index (χ4n) is 1.51. The van der Waals surface area contributed by atoms with Gasteiger partial charge in [0.05, 0.1) is 0 Å². The molecule has 0 fully saturated rings. The summed E-state index contributed by atoms with van der Waals surface area (Å²) in [5.41, 5.74) is 0. The largest absolute Gasteiger partial charge is 2.00 e. The van der Waals surface area contributed by atoms with E-state index in [1.165, 1.54) is 27.7 Å². The molecule has 34 heavy (non-hydrogen) atoms. The Labute approximate surface area is 221 Å². The summed E-state index contributed by atoms with van der Waals surface area (Å²) in [6.07, 6.45) is 10.5. The van der Waals surface area contributed by atoms with Gasteiger partial charge >= 0.3 is 34.1 Å². The first-order valence-corrected chi connectivity index (χ1v) is 9.23. The van der Waals surface area contributed by atoms with Gasteiger partial charge < -0.3 is 20.4 Å². The maximum atomic E-state index is 10.5. The molecule has 2 aromatic rings. The monoisotopic (exact) mass is 564 g/mol. The summed E-state index contributed by atoms with van der Waals surface area (Å²) in [6.45, 7) is 5.02. The zero-order valence-electron chi connectivity index (χ0n) is 19.0. The van der Waals surface area contributed by atoms with Crippen molar-refractivity contribution in [2.24, 2.45) is 0 Å². The van der Waals surface area contributed by atoms with Crippen molar-refractivity contribution in [3.63, 3.8) is 0 Å². The molecule has 10 heteroatoms. The van der Waals surface area contributed by atoms with Gasteiger partial charge in [-0.1, -0.05) is 38.1 Å². The molecule has 0 saturated carbocycles. The van der Waals surface area contributed by atoms with Gasteiger partial charge in [-0.05, 0) is 50.3 Å².